The molecule has 0 spiro atoms. The van der Waals surface area contributed by atoms with Crippen LogP contribution < -0.4 is 39.8 Å². The second kappa shape index (κ2) is 19.9. The fraction of sp³-hybridized carbons (Fsp3) is 0. The zero-order valence-corrected chi connectivity index (χ0v) is 39.3. The summed E-state index contributed by atoms with van der Waals surface area (Å²) in [6, 6.07) is 99.9. The fourth-order valence-electron chi connectivity index (χ4n) is 9.46. The third kappa shape index (κ3) is 8.83. The summed E-state index contributed by atoms with van der Waals surface area (Å²) in [7, 11) is -1.91. The van der Waals surface area contributed by atoms with Crippen LogP contribution in [0.25, 0.3) is 43.1 Å². The Morgan fingerprint density at radius 2 is 0.400 bits per heavy atom. The SMILES string of the molecule is c1ccc([P+](c2ccccc2)(c2ccccc2)c2ccccc2)cc1.c1ccc2c(O[B-](Oc3cccc4ccccc34)(Oc3cccc4ccccc34)Oc3cccc4ccccc34)cccc2c1. The van der Waals surface area contributed by atoms with Crippen LogP contribution in [0.3, 0.4) is 0 Å². The van der Waals surface area contributed by atoms with E-state index in [0.29, 0.717) is 23.0 Å². The lowest BCUT2D eigenvalue weighted by Gasteiger charge is -2.42. The first-order chi connectivity index (χ1) is 34.7. The van der Waals surface area contributed by atoms with Gasteiger partial charge in [-0.15, -0.1) is 0 Å². The third-order valence-electron chi connectivity index (χ3n) is 12.7. The van der Waals surface area contributed by atoms with Crippen LogP contribution in [0.15, 0.2) is 291 Å². The Hall–Kier alpha value is -8.63. The minimum atomic E-state index is -3.05. The molecule has 12 aromatic rings. The lowest BCUT2D eigenvalue weighted by Crippen LogP contribution is -2.60. The van der Waals surface area contributed by atoms with E-state index in [9.17, 15) is 0 Å². The summed E-state index contributed by atoms with van der Waals surface area (Å²) in [5, 5.41) is 13.3. The first-order valence-electron chi connectivity index (χ1n) is 23.6. The number of benzene rings is 12. The summed E-state index contributed by atoms with van der Waals surface area (Å²) in [6.45, 7) is -3.05. The second-order valence-electron chi connectivity index (χ2n) is 17.0. The molecule has 12 aromatic carbocycles. The Bertz CT molecular complexity index is 3170. The Morgan fingerprint density at radius 1 is 0.200 bits per heavy atom. The van der Waals surface area contributed by atoms with Gasteiger partial charge in [0.15, 0.2) is 0 Å². The van der Waals surface area contributed by atoms with Crippen molar-refractivity contribution >= 4 is 78.5 Å². The van der Waals surface area contributed by atoms with Crippen LogP contribution >= 0.6 is 7.26 Å². The van der Waals surface area contributed by atoms with E-state index in [2.05, 4.69) is 170 Å². The van der Waals surface area contributed by atoms with Crippen molar-refractivity contribution < 1.29 is 18.6 Å². The molecule has 0 saturated heterocycles. The number of rotatable bonds is 12. The van der Waals surface area contributed by atoms with Gasteiger partial charge in [0.05, 0.1) is 23.0 Å². The molecule has 336 valence electrons. The van der Waals surface area contributed by atoms with Crippen molar-refractivity contribution in [1.82, 2.24) is 0 Å². The van der Waals surface area contributed by atoms with Gasteiger partial charge in [0, 0.05) is 21.5 Å². The van der Waals surface area contributed by atoms with Crippen molar-refractivity contribution in [2.24, 2.45) is 0 Å². The van der Waals surface area contributed by atoms with Crippen molar-refractivity contribution in [3.63, 3.8) is 0 Å². The molecular weight excluding hydrogens is 874 g/mol. The second-order valence-corrected chi connectivity index (χ2v) is 20.4. The van der Waals surface area contributed by atoms with Gasteiger partial charge in [-0.3, -0.25) is 0 Å². The molecule has 0 atom stereocenters. The van der Waals surface area contributed by atoms with Gasteiger partial charge in [-0.05, 0) is 94.3 Å². The van der Waals surface area contributed by atoms with E-state index >= 15 is 0 Å². The van der Waals surface area contributed by atoms with E-state index < -0.39 is 14.2 Å². The Kier molecular flexibility index (Phi) is 12.5. The molecule has 0 unspecified atom stereocenters. The maximum atomic E-state index is 6.97. The molecule has 0 bridgehead atoms. The van der Waals surface area contributed by atoms with Crippen LogP contribution in [0, 0.1) is 0 Å². The zero-order chi connectivity index (χ0) is 47.0. The van der Waals surface area contributed by atoms with Gasteiger partial charge < -0.3 is 18.6 Å². The summed E-state index contributed by atoms with van der Waals surface area (Å²) in [4.78, 5) is 0. The molecule has 0 saturated carbocycles. The van der Waals surface area contributed by atoms with Gasteiger partial charge in [-0.1, -0.05) is 218 Å². The van der Waals surface area contributed by atoms with Crippen LogP contribution in [0.4, 0.5) is 0 Å². The first kappa shape index (κ1) is 43.9. The monoisotopic (exact) mass is 922 g/mol. The van der Waals surface area contributed by atoms with Crippen LogP contribution in [0.1, 0.15) is 0 Å². The summed E-state index contributed by atoms with van der Waals surface area (Å²) >= 11 is 0. The largest absolute Gasteiger partial charge is 0.777 e. The molecule has 70 heavy (non-hydrogen) atoms. The predicted octanol–water partition coefficient (Wildman–Crippen LogP) is 14.7. The highest BCUT2D eigenvalue weighted by atomic mass is 31.2. The normalized spacial score (nSPS) is 11.4. The third-order valence-corrected chi connectivity index (χ3v) is 16.9. The minimum Gasteiger partial charge on any atom is -0.611 e. The lowest BCUT2D eigenvalue weighted by atomic mass is 9.99. The van der Waals surface area contributed by atoms with Gasteiger partial charge >= 0.3 is 6.96 Å². The standard InChI is InChI=1S/C40H28BO4.C24H20P/c1-5-21-33-29(13-1)17-9-25-37(33)42-41(43-38-26-10-18-30-14-2-6-22-34(30)38,44-39-27-11-19-31-15-3-7-23-35(31)39)45-40-28-12-20-32-16-4-8-24-36(32)40;1-5-13-21(14-6-1)25(22-15-7-2-8-16-22,23-17-9-3-10-18-23)24-19-11-4-12-20-24/h1-28H;1-20H/q-1;+1. The van der Waals surface area contributed by atoms with Crippen molar-refractivity contribution in [1.29, 1.82) is 0 Å². The fourth-order valence-corrected chi connectivity index (χ4v) is 13.7. The van der Waals surface area contributed by atoms with Crippen LogP contribution in [-0.4, -0.2) is 6.96 Å². The molecule has 12 rings (SSSR count). The number of fused-ring (bicyclic) bond motifs is 4. The summed E-state index contributed by atoms with van der Waals surface area (Å²) < 4.78 is 27.9. The van der Waals surface area contributed by atoms with Crippen molar-refractivity contribution in [2.75, 3.05) is 0 Å². The molecule has 0 radical (unpaired) electrons. The zero-order valence-electron chi connectivity index (χ0n) is 38.4. The van der Waals surface area contributed by atoms with Gasteiger partial charge in [0.1, 0.15) is 28.5 Å². The molecule has 0 fully saturated rings. The average molecular weight is 923 g/mol. The molecule has 6 heteroatoms. The molecule has 0 N–H and O–H groups in total. The molecule has 0 amide bonds. The van der Waals surface area contributed by atoms with E-state index in [1.807, 2.05) is 121 Å². The maximum absolute atomic E-state index is 6.97. The average Bonchev–Trinajstić information content (AvgIpc) is 3.43. The van der Waals surface area contributed by atoms with Crippen molar-refractivity contribution in [3.05, 3.63) is 291 Å². The predicted molar refractivity (Wildman–Crippen MR) is 295 cm³/mol. The van der Waals surface area contributed by atoms with Gasteiger partial charge in [-0.25, -0.2) is 0 Å². The molecule has 0 aliphatic heterocycles. The van der Waals surface area contributed by atoms with E-state index in [1.165, 1.54) is 21.2 Å². The molecule has 0 aliphatic carbocycles. The summed E-state index contributed by atoms with van der Waals surface area (Å²) in [5.41, 5.74) is 0. The molecular formula is C64H48BO4P. The van der Waals surface area contributed by atoms with Crippen molar-refractivity contribution in [3.8, 4) is 23.0 Å². The lowest BCUT2D eigenvalue weighted by molar-refractivity contribution is 0.164. The van der Waals surface area contributed by atoms with Gasteiger partial charge in [0.25, 0.3) is 0 Å². The highest BCUT2D eigenvalue weighted by Crippen LogP contribution is 2.54. The quantitative estimate of drug-likeness (QED) is 0.0904. The topological polar surface area (TPSA) is 36.9 Å². The Labute approximate surface area is 409 Å². The van der Waals surface area contributed by atoms with E-state index in [-0.39, 0.29) is 0 Å². The van der Waals surface area contributed by atoms with Gasteiger partial charge in [-0.2, -0.15) is 0 Å². The van der Waals surface area contributed by atoms with E-state index in [0.717, 1.165) is 43.1 Å². The highest BCUT2D eigenvalue weighted by Gasteiger charge is 2.48. The van der Waals surface area contributed by atoms with Crippen LogP contribution in [0.2, 0.25) is 0 Å². The van der Waals surface area contributed by atoms with Crippen LogP contribution in [-0.2, 0) is 0 Å². The molecule has 0 heterocycles. The highest BCUT2D eigenvalue weighted by molar-refractivity contribution is 8.01. The van der Waals surface area contributed by atoms with E-state index in [4.69, 9.17) is 18.6 Å². The Morgan fingerprint density at radius 3 is 0.643 bits per heavy atom. The number of hydrogen-bond acceptors (Lipinski definition) is 4. The minimum absolute atomic E-state index is 0.578. The summed E-state index contributed by atoms with van der Waals surface area (Å²) in [6.07, 6.45) is 0. The van der Waals surface area contributed by atoms with E-state index in [1.54, 1.807) is 0 Å². The molecule has 0 aromatic heterocycles. The van der Waals surface area contributed by atoms with Crippen molar-refractivity contribution in [2.45, 2.75) is 0 Å². The maximum Gasteiger partial charge on any atom is 0.777 e. The molecule has 4 nitrogen and oxygen atoms in total. The molecule has 0 aliphatic rings. The first-order valence-corrected chi connectivity index (χ1v) is 25.4. The van der Waals surface area contributed by atoms with Gasteiger partial charge in [0.2, 0.25) is 0 Å². The van der Waals surface area contributed by atoms with Crippen LogP contribution in [0.5, 0.6) is 23.0 Å². The summed E-state index contributed by atoms with van der Waals surface area (Å²) in [5.74, 6) is 2.31. The number of hydrogen-bond donors (Lipinski definition) is 0. The Balaban J connectivity index is 0.000000180. The smallest absolute Gasteiger partial charge is 0.611 e.